The van der Waals surface area contributed by atoms with Crippen LogP contribution < -0.4 is 16.0 Å². The van der Waals surface area contributed by atoms with E-state index in [2.05, 4.69) is 40.2 Å². The third kappa shape index (κ3) is 7.31. The topological polar surface area (TPSA) is 114 Å². The highest BCUT2D eigenvalue weighted by Gasteiger charge is 2.56. The van der Waals surface area contributed by atoms with Crippen LogP contribution in [0.4, 0.5) is 5.69 Å². The molecule has 7 aliphatic carbocycles. The van der Waals surface area contributed by atoms with E-state index in [9.17, 15) is 14.4 Å². The molecule has 8 heteroatoms. The molecule has 60 heavy (non-hydrogen) atoms. The second-order valence-corrected chi connectivity index (χ2v) is 18.3. The molecule has 0 saturated heterocycles. The highest BCUT2D eigenvalue weighted by Crippen LogP contribution is 2.61. The number of esters is 1. The fourth-order valence-electron chi connectivity index (χ4n) is 12.3. The van der Waals surface area contributed by atoms with Crippen molar-refractivity contribution < 1.29 is 23.9 Å². The zero-order chi connectivity index (χ0) is 40.8. The van der Waals surface area contributed by atoms with Crippen LogP contribution in [0.1, 0.15) is 94.1 Å². The summed E-state index contributed by atoms with van der Waals surface area (Å²) in [5.74, 6) is -0.973. The largest absolute Gasteiger partial charge is 0.457 e. The minimum atomic E-state index is -0.947. The molecule has 4 fully saturated rings. The van der Waals surface area contributed by atoms with Gasteiger partial charge in [0.25, 0.3) is 0 Å². The van der Waals surface area contributed by atoms with Gasteiger partial charge < -0.3 is 20.7 Å². The van der Waals surface area contributed by atoms with E-state index >= 15 is 4.79 Å². The lowest BCUT2D eigenvalue weighted by molar-refractivity contribution is -0.139. The summed E-state index contributed by atoms with van der Waals surface area (Å²) in [7, 11) is 0. The number of hydrogen-bond donors (Lipinski definition) is 3. The van der Waals surface area contributed by atoms with Crippen molar-refractivity contribution in [3.8, 4) is 0 Å². The number of rotatable bonds is 12. The predicted molar refractivity (Wildman–Crippen MR) is 230 cm³/mol. The van der Waals surface area contributed by atoms with Gasteiger partial charge in [-0.05, 0) is 119 Å². The number of hydrogen-bond acceptors (Lipinski definition) is 5. The first-order valence-corrected chi connectivity index (χ1v) is 21.7. The Hall–Kier alpha value is -6.02. The van der Waals surface area contributed by atoms with Crippen molar-refractivity contribution in [3.05, 3.63) is 172 Å². The average molecular weight is 798 g/mol. The van der Waals surface area contributed by atoms with Crippen LogP contribution in [0.3, 0.4) is 0 Å². The summed E-state index contributed by atoms with van der Waals surface area (Å²) in [5.41, 5.74) is 7.10. The lowest BCUT2D eigenvalue weighted by atomic mass is 9.49. The van der Waals surface area contributed by atoms with Gasteiger partial charge in [0, 0.05) is 30.5 Å². The van der Waals surface area contributed by atoms with Gasteiger partial charge >= 0.3 is 5.97 Å². The number of benzene rings is 5. The first kappa shape index (κ1) is 38.2. The first-order valence-electron chi connectivity index (χ1n) is 21.7. The number of nitrogens with one attached hydrogen (secondary N) is 3. The summed E-state index contributed by atoms with van der Waals surface area (Å²) in [5, 5.41) is 9.67. The van der Waals surface area contributed by atoms with Crippen molar-refractivity contribution in [3.63, 3.8) is 0 Å². The highest BCUT2D eigenvalue weighted by atomic mass is 16.5. The third-order valence-electron chi connectivity index (χ3n) is 14.4. The smallest absolute Gasteiger partial charge is 0.338 e. The van der Waals surface area contributed by atoms with E-state index in [1.165, 1.54) is 38.5 Å². The quantitative estimate of drug-likeness (QED) is 0.110. The summed E-state index contributed by atoms with van der Waals surface area (Å²) in [6, 6.07) is 41.3. The molecule has 0 heterocycles. The van der Waals surface area contributed by atoms with Crippen LogP contribution in [0.5, 0.6) is 0 Å². The van der Waals surface area contributed by atoms with Crippen LogP contribution in [-0.2, 0) is 32.1 Å². The van der Waals surface area contributed by atoms with Gasteiger partial charge in [0.2, 0.25) is 17.7 Å². The molecule has 12 rings (SSSR count). The zero-order valence-electron chi connectivity index (χ0n) is 33.7. The summed E-state index contributed by atoms with van der Waals surface area (Å²) < 4.78 is 5.50. The van der Waals surface area contributed by atoms with Gasteiger partial charge in [0.15, 0.2) is 0 Å². The second kappa shape index (κ2) is 15.9. The van der Waals surface area contributed by atoms with E-state index in [4.69, 9.17) is 4.74 Å². The van der Waals surface area contributed by atoms with Gasteiger partial charge in [-0.25, -0.2) is 4.79 Å². The Labute approximate surface area is 351 Å². The van der Waals surface area contributed by atoms with Crippen LogP contribution in [0.25, 0.3) is 0 Å². The highest BCUT2D eigenvalue weighted by molar-refractivity contribution is 6.00. The molecule has 5 aromatic rings. The number of amides is 3. The lowest BCUT2D eigenvalue weighted by Gasteiger charge is -2.57. The standard InChI is InChI=1S/C52H51N3O5/c56-48(54-38-21-19-37(20-22-38)51(59)60-30-33-13-5-2-6-14-33)43(26-32-11-3-1-4-12-32)55-50(58)47-45-41-17-9-7-15-39(41)44(40-16-8-10-18-42(40)45)46(47)49(57)53-31-52-27-34-23-35(28-52)25-36(24-34)29-52/h1-22,34-36,43-47H,23-31H2,(H,53,57)(H,54,56)(H,55,58)/t34?,35?,36?,43-,44?,45?,46+,47-,52?/m0/s1. The molecule has 0 unspecified atom stereocenters. The van der Waals surface area contributed by atoms with Crippen LogP contribution in [0.15, 0.2) is 133 Å². The lowest BCUT2D eigenvalue weighted by Crippen LogP contribution is -2.57. The van der Waals surface area contributed by atoms with Crippen LogP contribution in [0.2, 0.25) is 0 Å². The van der Waals surface area contributed by atoms with Gasteiger partial charge in [0.05, 0.1) is 17.4 Å². The van der Waals surface area contributed by atoms with Crippen molar-refractivity contribution in [2.45, 2.75) is 69.4 Å². The third-order valence-corrected chi connectivity index (χ3v) is 14.4. The number of anilines is 1. The second-order valence-electron chi connectivity index (χ2n) is 18.3. The molecular weight excluding hydrogens is 747 g/mol. The monoisotopic (exact) mass is 797 g/mol. The van der Waals surface area contributed by atoms with Gasteiger partial charge in [-0.3, -0.25) is 14.4 Å². The number of ether oxygens (including phenoxy) is 1. The van der Waals surface area contributed by atoms with E-state index in [1.807, 2.05) is 84.9 Å². The average Bonchev–Trinajstić information content (AvgIpc) is 3.27. The first-order chi connectivity index (χ1) is 29.3. The Morgan fingerprint density at radius 3 is 1.60 bits per heavy atom. The van der Waals surface area contributed by atoms with E-state index in [0.29, 0.717) is 17.8 Å². The van der Waals surface area contributed by atoms with Gasteiger partial charge in [0.1, 0.15) is 12.6 Å². The Morgan fingerprint density at radius 1 is 0.583 bits per heavy atom. The predicted octanol–water partition coefficient (Wildman–Crippen LogP) is 8.57. The minimum absolute atomic E-state index is 0.0728. The SMILES string of the molecule is O=C(OCc1ccccc1)c1ccc(NC(=O)[C@H](Cc2ccccc2)NC(=O)[C@H]2C3c4ccccc4C(c4ccccc43)[C@H]2C(=O)NCC23CC4CC(CC(C4)C2)C3)cc1. The number of fused-ring (bicyclic) bond motifs is 1. The molecular formula is C52H51N3O5. The summed E-state index contributed by atoms with van der Waals surface area (Å²) >= 11 is 0. The Balaban J connectivity index is 0.919. The maximum absolute atomic E-state index is 15.2. The minimum Gasteiger partial charge on any atom is -0.457 e. The number of carbonyl (C=O) groups excluding carboxylic acids is 4. The Bertz CT molecular complexity index is 2330. The summed E-state index contributed by atoms with van der Waals surface area (Å²) in [6.07, 6.45) is 7.81. The molecule has 304 valence electrons. The van der Waals surface area contributed by atoms with Crippen molar-refractivity contribution in [2.75, 3.05) is 11.9 Å². The maximum Gasteiger partial charge on any atom is 0.338 e. The van der Waals surface area contributed by atoms with Crippen molar-refractivity contribution in [1.29, 1.82) is 0 Å². The molecule has 6 bridgehead atoms. The van der Waals surface area contributed by atoms with Crippen LogP contribution in [0, 0.1) is 35.0 Å². The van der Waals surface area contributed by atoms with Crippen LogP contribution >= 0.6 is 0 Å². The molecule has 0 aliphatic heterocycles. The molecule has 5 aromatic carbocycles. The molecule has 3 N–H and O–H groups in total. The normalized spacial score (nSPS) is 26.9. The molecule has 0 aromatic heterocycles. The summed E-state index contributed by atoms with van der Waals surface area (Å²) in [4.78, 5) is 57.2. The van der Waals surface area contributed by atoms with Crippen molar-refractivity contribution >= 4 is 29.4 Å². The van der Waals surface area contributed by atoms with E-state index in [1.54, 1.807) is 24.3 Å². The zero-order valence-corrected chi connectivity index (χ0v) is 33.7. The molecule has 7 aliphatic rings. The van der Waals surface area contributed by atoms with E-state index in [0.717, 1.165) is 51.1 Å². The maximum atomic E-state index is 15.2. The Morgan fingerprint density at radius 2 is 1.07 bits per heavy atom. The van der Waals surface area contributed by atoms with Crippen molar-refractivity contribution in [2.24, 2.45) is 35.0 Å². The Kier molecular flexibility index (Phi) is 10.1. The molecule has 3 amide bonds. The molecule has 8 nitrogen and oxygen atoms in total. The molecule has 4 saturated carbocycles. The van der Waals surface area contributed by atoms with E-state index in [-0.39, 0.29) is 42.1 Å². The van der Waals surface area contributed by atoms with Gasteiger partial charge in [-0.15, -0.1) is 0 Å². The van der Waals surface area contributed by atoms with Gasteiger partial charge in [-0.1, -0.05) is 109 Å². The molecule has 0 spiro atoms. The molecule has 0 radical (unpaired) electrons. The van der Waals surface area contributed by atoms with E-state index < -0.39 is 29.8 Å². The van der Waals surface area contributed by atoms with Crippen LogP contribution in [-0.4, -0.2) is 36.3 Å². The molecule has 3 atom stereocenters. The van der Waals surface area contributed by atoms with Gasteiger partial charge in [-0.2, -0.15) is 0 Å². The fraction of sp³-hybridized carbons (Fsp3) is 0.346. The van der Waals surface area contributed by atoms with Crippen molar-refractivity contribution in [1.82, 2.24) is 10.6 Å². The number of carbonyl (C=O) groups is 4. The fourth-order valence-corrected chi connectivity index (χ4v) is 12.3. The summed E-state index contributed by atoms with van der Waals surface area (Å²) in [6.45, 7) is 0.812.